The van der Waals surface area contributed by atoms with Gasteiger partial charge in [-0.05, 0) is 20.4 Å². The summed E-state index contributed by atoms with van der Waals surface area (Å²) in [5, 5.41) is 4.28. The second-order valence-corrected chi connectivity index (χ2v) is 5.87. The first kappa shape index (κ1) is 14.7. The molecule has 2 rings (SSSR count). The molecule has 5 nitrogen and oxygen atoms in total. The van der Waals surface area contributed by atoms with Crippen molar-refractivity contribution < 1.29 is 9.47 Å². The Hall–Kier alpha value is -0.690. The van der Waals surface area contributed by atoms with Gasteiger partial charge >= 0.3 is 0 Å². The Morgan fingerprint density at radius 1 is 1.58 bits per heavy atom. The fourth-order valence-corrected chi connectivity index (χ4v) is 3.33. The monoisotopic (exact) mass is 285 g/mol. The van der Waals surface area contributed by atoms with Gasteiger partial charge in [-0.3, -0.25) is 0 Å². The highest BCUT2D eigenvalue weighted by molar-refractivity contribution is 7.15. The fraction of sp³-hybridized carbons (Fsp3) is 0.769. The van der Waals surface area contributed by atoms with Gasteiger partial charge in [0.25, 0.3) is 0 Å². The van der Waals surface area contributed by atoms with Crippen LogP contribution < -0.4 is 10.2 Å². The number of ether oxygens (including phenoxy) is 2. The molecule has 1 aliphatic rings. The summed E-state index contributed by atoms with van der Waals surface area (Å²) in [6.07, 6.45) is 1.33. The number of rotatable bonds is 5. The first-order valence-electron chi connectivity index (χ1n) is 6.73. The lowest BCUT2D eigenvalue weighted by molar-refractivity contribution is 0.0821. The molecule has 0 spiro atoms. The lowest BCUT2D eigenvalue weighted by Crippen LogP contribution is -2.29. The van der Waals surface area contributed by atoms with Gasteiger partial charge < -0.3 is 19.7 Å². The van der Waals surface area contributed by atoms with E-state index in [9.17, 15) is 0 Å². The summed E-state index contributed by atoms with van der Waals surface area (Å²) in [6, 6.07) is 0. The van der Waals surface area contributed by atoms with Crippen molar-refractivity contribution in [3.63, 3.8) is 0 Å². The molecule has 1 atom stereocenters. The third-order valence-electron chi connectivity index (χ3n) is 3.11. The normalized spacial score (nSPS) is 20.6. The van der Waals surface area contributed by atoms with E-state index in [2.05, 4.69) is 17.1 Å². The van der Waals surface area contributed by atoms with E-state index in [-0.39, 0.29) is 6.10 Å². The molecule has 108 valence electrons. The number of nitrogens with one attached hydrogen (secondary N) is 1. The largest absolute Gasteiger partial charge is 0.378 e. The Morgan fingerprint density at radius 3 is 3.16 bits per heavy atom. The Morgan fingerprint density at radius 2 is 2.42 bits per heavy atom. The number of aromatic nitrogens is 1. The number of anilines is 1. The minimum atomic E-state index is 0.269. The van der Waals surface area contributed by atoms with Crippen molar-refractivity contribution >= 4 is 16.5 Å². The van der Waals surface area contributed by atoms with E-state index in [0.717, 1.165) is 43.5 Å². The van der Waals surface area contributed by atoms with Gasteiger partial charge in [0, 0.05) is 38.2 Å². The van der Waals surface area contributed by atoms with Crippen LogP contribution in [0.1, 0.15) is 23.9 Å². The molecule has 1 fully saturated rings. The summed E-state index contributed by atoms with van der Waals surface area (Å²) >= 11 is 1.76. The van der Waals surface area contributed by atoms with Gasteiger partial charge in [0.2, 0.25) is 0 Å². The molecule has 0 aliphatic carbocycles. The predicted octanol–water partition coefficient (Wildman–Crippen LogP) is 1.62. The van der Waals surface area contributed by atoms with Gasteiger partial charge in [0.1, 0.15) is 0 Å². The lowest BCUT2D eigenvalue weighted by atomic mass is 10.3. The van der Waals surface area contributed by atoms with Gasteiger partial charge in [0.05, 0.1) is 18.4 Å². The van der Waals surface area contributed by atoms with Crippen molar-refractivity contribution in [3.8, 4) is 0 Å². The molecule has 1 unspecified atom stereocenters. The van der Waals surface area contributed by atoms with Gasteiger partial charge in [0.15, 0.2) is 5.13 Å². The zero-order chi connectivity index (χ0) is 13.7. The molecular formula is C13H23N3O2S. The minimum absolute atomic E-state index is 0.269. The van der Waals surface area contributed by atoms with E-state index in [0.29, 0.717) is 6.61 Å². The fourth-order valence-electron chi connectivity index (χ4n) is 2.22. The first-order chi connectivity index (χ1) is 9.24. The summed E-state index contributed by atoms with van der Waals surface area (Å²) in [5.74, 6) is 0. The number of hydrogen-bond acceptors (Lipinski definition) is 6. The average molecular weight is 285 g/mol. The van der Waals surface area contributed by atoms with Crippen molar-refractivity contribution in [2.75, 3.05) is 38.8 Å². The van der Waals surface area contributed by atoms with Crippen LogP contribution in [0.3, 0.4) is 0 Å². The molecule has 0 bridgehead atoms. The third-order valence-corrected chi connectivity index (χ3v) is 4.27. The highest BCUT2D eigenvalue weighted by atomic mass is 32.1. The SMILES string of the molecule is CNCc1sc(N2CCCOC(C)C2)nc1COC. The van der Waals surface area contributed by atoms with Gasteiger partial charge in [-0.1, -0.05) is 0 Å². The molecule has 19 heavy (non-hydrogen) atoms. The van der Waals surface area contributed by atoms with Crippen LogP contribution >= 0.6 is 11.3 Å². The van der Waals surface area contributed by atoms with Crippen LogP contribution in [0.15, 0.2) is 0 Å². The smallest absolute Gasteiger partial charge is 0.186 e. The number of hydrogen-bond donors (Lipinski definition) is 1. The van der Waals surface area contributed by atoms with E-state index in [1.807, 2.05) is 7.05 Å². The van der Waals surface area contributed by atoms with E-state index in [1.54, 1.807) is 18.4 Å². The molecule has 2 heterocycles. The molecular weight excluding hydrogens is 262 g/mol. The molecule has 1 aromatic rings. The van der Waals surface area contributed by atoms with Crippen LogP contribution in [0, 0.1) is 0 Å². The first-order valence-corrected chi connectivity index (χ1v) is 7.55. The Kier molecular flexibility index (Phi) is 5.57. The van der Waals surface area contributed by atoms with Gasteiger partial charge in [-0.2, -0.15) is 0 Å². The molecule has 1 aliphatic heterocycles. The molecule has 6 heteroatoms. The summed E-state index contributed by atoms with van der Waals surface area (Å²) in [6.45, 7) is 6.32. The second-order valence-electron chi connectivity index (χ2n) is 4.81. The molecule has 0 aromatic carbocycles. The summed E-state index contributed by atoms with van der Waals surface area (Å²) in [5.41, 5.74) is 1.05. The predicted molar refractivity (Wildman–Crippen MR) is 77.8 cm³/mol. The summed E-state index contributed by atoms with van der Waals surface area (Å²) < 4.78 is 10.9. The van der Waals surface area contributed by atoms with Crippen LogP contribution in [0.25, 0.3) is 0 Å². The minimum Gasteiger partial charge on any atom is -0.378 e. The van der Waals surface area contributed by atoms with Crippen molar-refractivity contribution in [1.82, 2.24) is 10.3 Å². The average Bonchev–Trinajstić information content (AvgIpc) is 2.64. The van der Waals surface area contributed by atoms with Crippen LogP contribution in [-0.4, -0.2) is 44.9 Å². The van der Waals surface area contributed by atoms with Crippen LogP contribution in [0.5, 0.6) is 0 Å². The molecule has 0 radical (unpaired) electrons. The molecule has 1 N–H and O–H groups in total. The van der Waals surface area contributed by atoms with E-state index in [4.69, 9.17) is 14.5 Å². The zero-order valence-corrected chi connectivity index (χ0v) is 12.8. The molecule has 0 amide bonds. The lowest BCUT2D eigenvalue weighted by Gasteiger charge is -2.20. The Labute approximate surface area is 118 Å². The Balaban J connectivity index is 2.15. The summed E-state index contributed by atoms with van der Waals surface area (Å²) in [7, 11) is 3.67. The van der Waals surface area contributed by atoms with Crippen LogP contribution in [-0.2, 0) is 22.6 Å². The Bertz CT molecular complexity index is 374. The van der Waals surface area contributed by atoms with Crippen molar-refractivity contribution in [2.24, 2.45) is 0 Å². The van der Waals surface area contributed by atoms with Crippen molar-refractivity contribution in [3.05, 3.63) is 10.6 Å². The van der Waals surface area contributed by atoms with Crippen molar-refractivity contribution in [1.29, 1.82) is 0 Å². The quantitative estimate of drug-likeness (QED) is 0.891. The van der Waals surface area contributed by atoms with Gasteiger partial charge in [-0.25, -0.2) is 4.98 Å². The third kappa shape index (κ3) is 3.89. The highest BCUT2D eigenvalue weighted by Crippen LogP contribution is 2.28. The maximum atomic E-state index is 5.68. The van der Waals surface area contributed by atoms with E-state index >= 15 is 0 Å². The zero-order valence-electron chi connectivity index (χ0n) is 11.9. The number of methoxy groups -OCH3 is 1. The van der Waals surface area contributed by atoms with E-state index in [1.165, 1.54) is 4.88 Å². The second kappa shape index (κ2) is 7.19. The van der Waals surface area contributed by atoms with Crippen molar-refractivity contribution in [2.45, 2.75) is 32.6 Å². The molecule has 1 saturated heterocycles. The van der Waals surface area contributed by atoms with E-state index < -0.39 is 0 Å². The maximum Gasteiger partial charge on any atom is 0.186 e. The topological polar surface area (TPSA) is 46.6 Å². The number of nitrogens with zero attached hydrogens (tertiary/aromatic N) is 2. The van der Waals surface area contributed by atoms with Crippen LogP contribution in [0.2, 0.25) is 0 Å². The maximum absolute atomic E-state index is 5.68. The molecule has 0 saturated carbocycles. The molecule has 1 aromatic heterocycles. The summed E-state index contributed by atoms with van der Waals surface area (Å²) in [4.78, 5) is 8.34. The van der Waals surface area contributed by atoms with Gasteiger partial charge in [-0.15, -0.1) is 11.3 Å². The number of thiazole rings is 1. The highest BCUT2D eigenvalue weighted by Gasteiger charge is 2.20. The van der Waals surface area contributed by atoms with Crippen LogP contribution in [0.4, 0.5) is 5.13 Å². The standard InChI is InChI=1S/C13H23N3O2S/c1-10-8-16(5-4-6-18-10)13-15-11(9-17-3)12(19-13)7-14-2/h10,14H,4-9H2,1-3H3.